The maximum atomic E-state index is 11.7. The molecule has 1 aromatic carbocycles. The number of rotatable bonds is 9. The first kappa shape index (κ1) is 19.6. The molecule has 6 heteroatoms. The van der Waals surface area contributed by atoms with Crippen LogP contribution in [0.25, 0.3) is 21.9 Å². The molecule has 0 atom stereocenters. The Balaban J connectivity index is 1.76. The summed E-state index contributed by atoms with van der Waals surface area (Å²) < 4.78 is 11.5. The molecule has 2 aromatic heterocycles. The Hall–Kier alpha value is -2.15. The highest BCUT2D eigenvalue weighted by molar-refractivity contribution is 5.99. The van der Waals surface area contributed by atoms with Gasteiger partial charge in [-0.05, 0) is 71.4 Å². The number of fused-ring (bicyclic) bond motifs is 2. The summed E-state index contributed by atoms with van der Waals surface area (Å²) in [5, 5.41) is 8.94. The van der Waals surface area contributed by atoms with Crippen molar-refractivity contribution in [2.24, 2.45) is 5.73 Å². The van der Waals surface area contributed by atoms with Crippen LogP contribution in [0.4, 0.5) is 0 Å². The van der Waals surface area contributed by atoms with Crippen LogP contribution in [0, 0.1) is 20.8 Å². The van der Waals surface area contributed by atoms with Crippen LogP contribution in [-0.4, -0.2) is 26.2 Å². The molecule has 3 aromatic rings. The third-order valence-corrected chi connectivity index (χ3v) is 4.99. The van der Waals surface area contributed by atoms with E-state index in [4.69, 9.17) is 14.6 Å². The van der Waals surface area contributed by atoms with Gasteiger partial charge in [-0.1, -0.05) is 0 Å². The van der Waals surface area contributed by atoms with Gasteiger partial charge < -0.3 is 25.2 Å². The van der Waals surface area contributed by atoms with Gasteiger partial charge in [0.25, 0.3) is 0 Å². The third-order valence-electron chi connectivity index (χ3n) is 4.99. The highest BCUT2D eigenvalue weighted by atomic mass is 16.4. The lowest BCUT2D eigenvalue weighted by atomic mass is 10.0. The van der Waals surface area contributed by atoms with Gasteiger partial charge in [-0.3, -0.25) is 0 Å². The molecule has 0 saturated carbocycles. The summed E-state index contributed by atoms with van der Waals surface area (Å²) in [7, 11) is 0. The number of furan rings is 1. The minimum Gasteiger partial charge on any atom is -0.461 e. The molecule has 0 amide bonds. The zero-order valence-electron chi connectivity index (χ0n) is 16.4. The number of hydrogen-bond donors (Lipinski definition) is 3. The second-order valence-corrected chi connectivity index (χ2v) is 7.06. The molecule has 27 heavy (non-hydrogen) atoms. The number of hydrogen-bond acceptors (Lipinski definition) is 6. The zero-order valence-corrected chi connectivity index (χ0v) is 16.4. The van der Waals surface area contributed by atoms with Crippen molar-refractivity contribution in [3.8, 4) is 0 Å². The summed E-state index contributed by atoms with van der Waals surface area (Å²) in [6.45, 7) is 10.2. The predicted molar refractivity (Wildman–Crippen MR) is 109 cm³/mol. The summed E-state index contributed by atoms with van der Waals surface area (Å²) in [5.74, 6) is 0.900. The van der Waals surface area contributed by atoms with Crippen LogP contribution >= 0.6 is 0 Å². The lowest BCUT2D eigenvalue weighted by molar-refractivity contribution is 0.547. The van der Waals surface area contributed by atoms with Gasteiger partial charge in [0, 0.05) is 34.5 Å². The summed E-state index contributed by atoms with van der Waals surface area (Å²) in [5.41, 5.74) is 9.54. The van der Waals surface area contributed by atoms with E-state index >= 15 is 0 Å². The van der Waals surface area contributed by atoms with Crippen LogP contribution in [0.1, 0.15) is 35.3 Å². The largest absolute Gasteiger partial charge is 0.461 e. The van der Waals surface area contributed by atoms with E-state index < -0.39 is 0 Å². The molecule has 2 heterocycles. The molecule has 0 aliphatic rings. The number of aryl methyl sites for hydroxylation is 3. The molecule has 0 unspecified atom stereocenters. The van der Waals surface area contributed by atoms with Gasteiger partial charge in [0.15, 0.2) is 0 Å². The average molecular weight is 371 g/mol. The van der Waals surface area contributed by atoms with Crippen molar-refractivity contribution in [1.82, 2.24) is 10.6 Å². The molecule has 0 aliphatic heterocycles. The van der Waals surface area contributed by atoms with Crippen LogP contribution in [0.5, 0.6) is 0 Å². The summed E-state index contributed by atoms with van der Waals surface area (Å²) in [6, 6.07) is 3.62. The Bertz CT molecular complexity index is 988. The normalized spacial score (nSPS) is 11.7. The quantitative estimate of drug-likeness (QED) is 0.396. The SMILES string of the molecule is Cc1oc2c(C)c3oc(=O)cc(C)c3cc2c1CNCCCNCCCN. The van der Waals surface area contributed by atoms with Crippen molar-refractivity contribution >= 4 is 21.9 Å². The number of nitrogens with two attached hydrogens (primary N) is 1. The number of nitrogens with one attached hydrogen (secondary N) is 2. The van der Waals surface area contributed by atoms with Crippen molar-refractivity contribution < 1.29 is 8.83 Å². The average Bonchev–Trinajstić information content (AvgIpc) is 2.94. The van der Waals surface area contributed by atoms with Crippen molar-refractivity contribution in [1.29, 1.82) is 0 Å². The Labute approximate surface area is 159 Å². The first-order valence-electron chi connectivity index (χ1n) is 9.60. The van der Waals surface area contributed by atoms with Gasteiger partial charge in [0.05, 0.1) is 0 Å². The topological polar surface area (TPSA) is 93.4 Å². The maximum absolute atomic E-state index is 11.7. The summed E-state index contributed by atoms with van der Waals surface area (Å²) in [6.07, 6.45) is 2.08. The van der Waals surface area contributed by atoms with Gasteiger partial charge in [-0.25, -0.2) is 4.79 Å². The molecule has 146 valence electrons. The fraction of sp³-hybridized carbons (Fsp3) is 0.476. The molecular weight excluding hydrogens is 342 g/mol. The van der Waals surface area contributed by atoms with Crippen molar-refractivity contribution in [3.63, 3.8) is 0 Å². The van der Waals surface area contributed by atoms with Gasteiger partial charge in [-0.15, -0.1) is 0 Å². The van der Waals surface area contributed by atoms with Gasteiger partial charge in [-0.2, -0.15) is 0 Å². The van der Waals surface area contributed by atoms with Crippen LogP contribution in [0.2, 0.25) is 0 Å². The van der Waals surface area contributed by atoms with E-state index in [-0.39, 0.29) is 5.63 Å². The van der Waals surface area contributed by atoms with E-state index in [1.807, 2.05) is 20.8 Å². The molecular formula is C21H29N3O3. The van der Waals surface area contributed by atoms with Gasteiger partial charge >= 0.3 is 5.63 Å². The van der Waals surface area contributed by atoms with E-state index in [0.717, 1.165) is 84.4 Å². The fourth-order valence-electron chi connectivity index (χ4n) is 3.48. The van der Waals surface area contributed by atoms with E-state index in [9.17, 15) is 4.79 Å². The maximum Gasteiger partial charge on any atom is 0.336 e. The van der Waals surface area contributed by atoms with E-state index in [2.05, 4.69) is 16.7 Å². The van der Waals surface area contributed by atoms with Gasteiger partial charge in [0.2, 0.25) is 0 Å². The van der Waals surface area contributed by atoms with Crippen LogP contribution in [-0.2, 0) is 6.54 Å². The third kappa shape index (κ3) is 4.24. The Kier molecular flexibility index (Phi) is 6.31. The molecule has 3 rings (SSSR count). The molecule has 0 fully saturated rings. The fourth-order valence-corrected chi connectivity index (χ4v) is 3.48. The van der Waals surface area contributed by atoms with Crippen LogP contribution in [0.15, 0.2) is 25.8 Å². The smallest absolute Gasteiger partial charge is 0.336 e. The predicted octanol–water partition coefficient (Wildman–Crippen LogP) is 2.88. The molecule has 0 radical (unpaired) electrons. The summed E-state index contributed by atoms with van der Waals surface area (Å²) in [4.78, 5) is 11.7. The van der Waals surface area contributed by atoms with E-state index in [1.54, 1.807) is 0 Å². The lowest BCUT2D eigenvalue weighted by Gasteiger charge is -2.07. The molecule has 0 bridgehead atoms. The minimum absolute atomic E-state index is 0.326. The molecule has 0 saturated heterocycles. The minimum atomic E-state index is -0.326. The van der Waals surface area contributed by atoms with Crippen LogP contribution in [0.3, 0.4) is 0 Å². The highest BCUT2D eigenvalue weighted by Crippen LogP contribution is 2.34. The van der Waals surface area contributed by atoms with Crippen LogP contribution < -0.4 is 22.0 Å². The Morgan fingerprint density at radius 2 is 1.63 bits per heavy atom. The van der Waals surface area contributed by atoms with Crippen molar-refractivity contribution in [2.75, 3.05) is 26.2 Å². The second-order valence-electron chi connectivity index (χ2n) is 7.06. The van der Waals surface area contributed by atoms with E-state index in [0.29, 0.717) is 5.58 Å². The zero-order chi connectivity index (χ0) is 19.4. The Morgan fingerprint density at radius 1 is 0.926 bits per heavy atom. The van der Waals surface area contributed by atoms with Crippen molar-refractivity contribution in [2.45, 2.75) is 40.2 Å². The van der Waals surface area contributed by atoms with Gasteiger partial charge in [0.1, 0.15) is 16.9 Å². The summed E-state index contributed by atoms with van der Waals surface area (Å²) >= 11 is 0. The number of benzene rings is 1. The van der Waals surface area contributed by atoms with Crippen molar-refractivity contribution in [3.05, 3.63) is 45.0 Å². The monoisotopic (exact) mass is 371 g/mol. The molecule has 6 nitrogen and oxygen atoms in total. The molecule has 0 spiro atoms. The van der Waals surface area contributed by atoms with E-state index in [1.165, 1.54) is 6.07 Å². The second kappa shape index (κ2) is 8.69. The molecule has 4 N–H and O–H groups in total. The standard InChI is InChI=1S/C21H29N3O3/c1-13-10-19(25)27-20-14(2)21-17(11-16(13)20)18(15(3)26-21)12-24-9-5-8-23-7-4-6-22/h10-11,23-24H,4-9,12,22H2,1-3H3. The first-order chi connectivity index (χ1) is 13.0. The molecule has 0 aliphatic carbocycles. The first-order valence-corrected chi connectivity index (χ1v) is 9.60. The lowest BCUT2D eigenvalue weighted by Crippen LogP contribution is -2.23. The Morgan fingerprint density at radius 3 is 2.41 bits per heavy atom. The highest BCUT2D eigenvalue weighted by Gasteiger charge is 2.17.